The van der Waals surface area contributed by atoms with Crippen molar-refractivity contribution in [2.45, 2.75) is 19.9 Å². The summed E-state index contributed by atoms with van der Waals surface area (Å²) >= 11 is 3.16. The Balaban J connectivity index is 2.21. The van der Waals surface area contributed by atoms with Crippen LogP contribution in [0, 0.1) is 18.6 Å². The molecular formula is C14H13BrF2N2. The zero-order valence-corrected chi connectivity index (χ0v) is 12.1. The zero-order chi connectivity index (χ0) is 14.0. The molecule has 1 aromatic carbocycles. The van der Waals surface area contributed by atoms with Crippen molar-refractivity contribution in [1.29, 1.82) is 0 Å². The van der Waals surface area contributed by atoms with Gasteiger partial charge >= 0.3 is 0 Å². The van der Waals surface area contributed by atoms with Gasteiger partial charge in [-0.3, -0.25) is 4.98 Å². The predicted molar refractivity (Wildman–Crippen MR) is 75.1 cm³/mol. The van der Waals surface area contributed by atoms with E-state index in [0.29, 0.717) is 4.47 Å². The SMILES string of the molecule is Cc1cc(F)c(Br)cc1NC(C)c1ccc(F)cn1. The van der Waals surface area contributed by atoms with E-state index < -0.39 is 0 Å². The minimum Gasteiger partial charge on any atom is -0.377 e. The molecule has 0 saturated carbocycles. The average Bonchev–Trinajstić information content (AvgIpc) is 2.36. The highest BCUT2D eigenvalue weighted by Gasteiger charge is 2.10. The lowest BCUT2D eigenvalue weighted by atomic mass is 10.1. The predicted octanol–water partition coefficient (Wildman–Crippen LogP) is 4.60. The Morgan fingerprint density at radius 2 is 2.00 bits per heavy atom. The fraction of sp³-hybridized carbons (Fsp3) is 0.214. The highest BCUT2D eigenvalue weighted by molar-refractivity contribution is 9.10. The third kappa shape index (κ3) is 3.29. The summed E-state index contributed by atoms with van der Waals surface area (Å²) in [6.45, 7) is 3.74. The van der Waals surface area contributed by atoms with Crippen LogP contribution < -0.4 is 5.32 Å². The van der Waals surface area contributed by atoms with Crippen molar-refractivity contribution in [2.75, 3.05) is 5.32 Å². The molecule has 0 aliphatic rings. The van der Waals surface area contributed by atoms with Crippen molar-refractivity contribution in [3.8, 4) is 0 Å². The van der Waals surface area contributed by atoms with Crippen LogP contribution in [0.2, 0.25) is 0 Å². The molecular weight excluding hydrogens is 314 g/mol. The summed E-state index contributed by atoms with van der Waals surface area (Å²) in [6, 6.07) is 6.04. The summed E-state index contributed by atoms with van der Waals surface area (Å²) < 4.78 is 26.5. The third-order valence-corrected chi connectivity index (χ3v) is 3.44. The minimum absolute atomic E-state index is 0.100. The van der Waals surface area contributed by atoms with Gasteiger partial charge in [-0.25, -0.2) is 8.78 Å². The molecule has 2 nitrogen and oxygen atoms in total. The molecule has 0 fully saturated rings. The van der Waals surface area contributed by atoms with E-state index in [1.807, 2.05) is 13.8 Å². The fourth-order valence-corrected chi connectivity index (χ4v) is 2.10. The van der Waals surface area contributed by atoms with Crippen LogP contribution in [0.15, 0.2) is 34.9 Å². The third-order valence-electron chi connectivity index (χ3n) is 2.83. The second kappa shape index (κ2) is 5.65. The first-order valence-electron chi connectivity index (χ1n) is 5.81. The molecule has 19 heavy (non-hydrogen) atoms. The van der Waals surface area contributed by atoms with Crippen molar-refractivity contribution in [3.63, 3.8) is 0 Å². The molecule has 0 saturated heterocycles. The minimum atomic E-state index is -0.364. The van der Waals surface area contributed by atoms with Crippen molar-refractivity contribution >= 4 is 21.6 Å². The van der Waals surface area contributed by atoms with Crippen molar-refractivity contribution in [2.24, 2.45) is 0 Å². The molecule has 0 radical (unpaired) electrons. The van der Waals surface area contributed by atoms with E-state index in [4.69, 9.17) is 0 Å². The second-order valence-corrected chi connectivity index (χ2v) is 5.20. The number of hydrogen-bond donors (Lipinski definition) is 1. The molecule has 100 valence electrons. The van der Waals surface area contributed by atoms with Gasteiger partial charge in [-0.15, -0.1) is 0 Å². The highest BCUT2D eigenvalue weighted by Crippen LogP contribution is 2.27. The van der Waals surface area contributed by atoms with Crippen LogP contribution in [0.5, 0.6) is 0 Å². The smallest absolute Gasteiger partial charge is 0.141 e. The Morgan fingerprint density at radius 1 is 1.26 bits per heavy atom. The van der Waals surface area contributed by atoms with Gasteiger partial charge in [-0.2, -0.15) is 0 Å². The number of anilines is 1. The number of hydrogen-bond acceptors (Lipinski definition) is 2. The number of nitrogens with zero attached hydrogens (tertiary/aromatic N) is 1. The number of nitrogens with one attached hydrogen (secondary N) is 1. The number of aromatic nitrogens is 1. The first kappa shape index (κ1) is 13.9. The van der Waals surface area contributed by atoms with E-state index in [-0.39, 0.29) is 17.7 Å². The molecule has 0 aliphatic heterocycles. The van der Waals surface area contributed by atoms with Crippen LogP contribution in [-0.4, -0.2) is 4.98 Å². The average molecular weight is 327 g/mol. The lowest BCUT2D eigenvalue weighted by molar-refractivity contribution is 0.616. The van der Waals surface area contributed by atoms with Crippen LogP contribution >= 0.6 is 15.9 Å². The second-order valence-electron chi connectivity index (χ2n) is 4.35. The normalized spacial score (nSPS) is 12.3. The van der Waals surface area contributed by atoms with E-state index in [1.165, 1.54) is 18.3 Å². The molecule has 2 aromatic rings. The molecule has 1 aromatic heterocycles. The maximum Gasteiger partial charge on any atom is 0.141 e. The van der Waals surface area contributed by atoms with Gasteiger partial charge in [-0.1, -0.05) is 0 Å². The lowest BCUT2D eigenvalue weighted by Crippen LogP contribution is -2.09. The molecule has 0 amide bonds. The van der Waals surface area contributed by atoms with Crippen LogP contribution in [0.3, 0.4) is 0 Å². The van der Waals surface area contributed by atoms with Gasteiger partial charge in [0.25, 0.3) is 0 Å². The Morgan fingerprint density at radius 3 is 2.63 bits per heavy atom. The fourth-order valence-electron chi connectivity index (χ4n) is 1.75. The van der Waals surface area contributed by atoms with Gasteiger partial charge in [0.15, 0.2) is 0 Å². The molecule has 1 atom stereocenters. The maximum absolute atomic E-state index is 13.3. The zero-order valence-electron chi connectivity index (χ0n) is 10.5. The first-order valence-corrected chi connectivity index (χ1v) is 6.60. The van der Waals surface area contributed by atoms with Crippen LogP contribution in [0.25, 0.3) is 0 Å². The number of aryl methyl sites for hydroxylation is 1. The topological polar surface area (TPSA) is 24.9 Å². The lowest BCUT2D eigenvalue weighted by Gasteiger charge is -2.17. The Kier molecular flexibility index (Phi) is 4.14. The summed E-state index contributed by atoms with van der Waals surface area (Å²) in [5.74, 6) is -0.660. The van der Waals surface area contributed by atoms with Crippen LogP contribution in [-0.2, 0) is 0 Å². The molecule has 0 aliphatic carbocycles. The van der Waals surface area contributed by atoms with Gasteiger partial charge in [0.2, 0.25) is 0 Å². The maximum atomic E-state index is 13.3. The molecule has 1 heterocycles. The molecule has 5 heteroatoms. The molecule has 1 unspecified atom stereocenters. The van der Waals surface area contributed by atoms with Gasteiger partial charge in [0.05, 0.1) is 22.4 Å². The molecule has 2 rings (SSSR count). The highest BCUT2D eigenvalue weighted by atomic mass is 79.9. The summed E-state index contributed by atoms with van der Waals surface area (Å²) in [7, 11) is 0. The van der Waals surface area contributed by atoms with Crippen LogP contribution in [0.4, 0.5) is 14.5 Å². The largest absolute Gasteiger partial charge is 0.377 e. The quantitative estimate of drug-likeness (QED) is 0.891. The van der Waals surface area contributed by atoms with Crippen molar-refractivity contribution in [3.05, 3.63) is 57.8 Å². The van der Waals surface area contributed by atoms with Crippen molar-refractivity contribution < 1.29 is 8.78 Å². The summed E-state index contributed by atoms with van der Waals surface area (Å²) in [4.78, 5) is 4.02. The molecule has 0 bridgehead atoms. The molecule has 1 N–H and O–H groups in total. The monoisotopic (exact) mass is 326 g/mol. The number of halogens is 3. The van der Waals surface area contributed by atoms with E-state index >= 15 is 0 Å². The van der Waals surface area contributed by atoms with Crippen LogP contribution in [0.1, 0.15) is 24.2 Å². The van der Waals surface area contributed by atoms with Crippen molar-refractivity contribution in [1.82, 2.24) is 4.98 Å². The summed E-state index contributed by atoms with van der Waals surface area (Å²) in [5.41, 5.74) is 2.34. The van der Waals surface area contributed by atoms with Gasteiger partial charge in [0, 0.05) is 5.69 Å². The summed E-state index contributed by atoms with van der Waals surface area (Å²) in [6.07, 6.45) is 1.18. The first-order chi connectivity index (χ1) is 8.97. The van der Waals surface area contributed by atoms with Gasteiger partial charge < -0.3 is 5.32 Å². The summed E-state index contributed by atoms with van der Waals surface area (Å²) in [5, 5.41) is 3.23. The van der Waals surface area contributed by atoms with Gasteiger partial charge in [0.1, 0.15) is 11.6 Å². The molecule has 0 spiro atoms. The van der Waals surface area contributed by atoms with E-state index in [9.17, 15) is 8.78 Å². The van der Waals surface area contributed by atoms with Gasteiger partial charge in [-0.05, 0) is 59.6 Å². The van der Waals surface area contributed by atoms with E-state index in [2.05, 4.69) is 26.2 Å². The Bertz CT molecular complexity index is 585. The Hall–Kier alpha value is -1.49. The number of rotatable bonds is 3. The van der Waals surface area contributed by atoms with E-state index in [0.717, 1.165) is 16.9 Å². The standard InChI is InChI=1S/C14H13BrF2N2/c1-8-5-12(17)11(15)6-14(8)19-9(2)13-4-3-10(16)7-18-13/h3-7,9,19H,1-2H3. The number of benzene rings is 1. The number of pyridine rings is 1. The Labute approximate surface area is 119 Å². The van der Waals surface area contributed by atoms with E-state index in [1.54, 1.807) is 12.1 Å².